The van der Waals surface area contributed by atoms with E-state index in [2.05, 4.69) is 4.74 Å². The molecule has 0 aromatic heterocycles. The van der Waals surface area contributed by atoms with Crippen LogP contribution in [-0.2, 0) is 4.79 Å². The Labute approximate surface area is 94.3 Å². The third kappa shape index (κ3) is 3.10. The van der Waals surface area contributed by atoms with Gasteiger partial charge in [0.05, 0.1) is 0 Å². The monoisotopic (exact) mass is 250 g/mol. The first-order chi connectivity index (χ1) is 7.82. The van der Waals surface area contributed by atoms with E-state index in [4.69, 9.17) is 5.11 Å². The van der Waals surface area contributed by atoms with E-state index in [0.717, 1.165) is 6.07 Å². The van der Waals surface area contributed by atoms with Crippen molar-refractivity contribution < 1.29 is 32.9 Å². The van der Waals surface area contributed by atoms with Crippen LogP contribution in [0.5, 0.6) is 5.75 Å². The van der Waals surface area contributed by atoms with Crippen molar-refractivity contribution in [3.05, 3.63) is 29.1 Å². The van der Waals surface area contributed by atoms with Gasteiger partial charge in [0, 0.05) is 5.56 Å². The van der Waals surface area contributed by atoms with Crippen molar-refractivity contribution in [2.45, 2.75) is 19.6 Å². The molecule has 1 rings (SSSR count). The third-order valence-corrected chi connectivity index (χ3v) is 2.04. The topological polar surface area (TPSA) is 66.8 Å². The highest BCUT2D eigenvalue weighted by atomic mass is 19.3. The van der Waals surface area contributed by atoms with E-state index in [1.807, 2.05) is 0 Å². The number of rotatable bonds is 4. The molecule has 0 amide bonds. The zero-order chi connectivity index (χ0) is 13.2. The molecule has 1 atom stereocenters. The number of alkyl halides is 2. The number of carboxylic acids is 1. The van der Waals surface area contributed by atoms with Gasteiger partial charge in [0.15, 0.2) is 6.10 Å². The zero-order valence-corrected chi connectivity index (χ0v) is 8.65. The lowest BCUT2D eigenvalue weighted by Gasteiger charge is -2.14. The molecule has 0 saturated carbocycles. The summed E-state index contributed by atoms with van der Waals surface area (Å²) in [5.74, 6) is -3.07. The number of aliphatic carboxylic acids is 1. The highest BCUT2D eigenvalue weighted by Gasteiger charge is 2.23. The number of benzene rings is 1. The van der Waals surface area contributed by atoms with Gasteiger partial charge in [-0.2, -0.15) is 8.78 Å². The van der Waals surface area contributed by atoms with Crippen LogP contribution in [0, 0.1) is 12.7 Å². The van der Waals surface area contributed by atoms with Gasteiger partial charge in [-0.1, -0.05) is 0 Å². The molecule has 0 heterocycles. The largest absolute Gasteiger partial charge is 0.479 e. The molecule has 1 aromatic carbocycles. The van der Waals surface area contributed by atoms with E-state index in [9.17, 15) is 23.1 Å². The van der Waals surface area contributed by atoms with Crippen molar-refractivity contribution in [2.75, 3.05) is 0 Å². The number of aliphatic hydroxyl groups excluding tert-OH is 1. The summed E-state index contributed by atoms with van der Waals surface area (Å²) in [6.07, 6.45) is -2.13. The van der Waals surface area contributed by atoms with Crippen LogP contribution >= 0.6 is 0 Å². The Kier molecular flexibility index (Phi) is 3.95. The summed E-state index contributed by atoms with van der Waals surface area (Å²) >= 11 is 0. The molecule has 0 bridgehead atoms. The molecular formula is C10H9F3O4. The lowest BCUT2D eigenvalue weighted by molar-refractivity contribution is -0.147. The Hall–Kier alpha value is -1.76. The van der Waals surface area contributed by atoms with Crippen molar-refractivity contribution in [1.29, 1.82) is 0 Å². The molecule has 0 aliphatic rings. The first-order valence-corrected chi connectivity index (χ1v) is 4.48. The molecule has 0 saturated heterocycles. The summed E-state index contributed by atoms with van der Waals surface area (Å²) in [5, 5.41) is 17.8. The third-order valence-electron chi connectivity index (χ3n) is 2.04. The summed E-state index contributed by atoms with van der Waals surface area (Å²) < 4.78 is 41.3. The Bertz CT molecular complexity index is 434. The maximum absolute atomic E-state index is 13.2. The fourth-order valence-corrected chi connectivity index (χ4v) is 1.22. The maximum Gasteiger partial charge on any atom is 0.387 e. The molecular weight excluding hydrogens is 241 g/mol. The van der Waals surface area contributed by atoms with E-state index in [0.29, 0.717) is 6.07 Å². The molecule has 4 nitrogen and oxygen atoms in total. The lowest BCUT2D eigenvalue weighted by Crippen LogP contribution is -2.14. The number of ether oxygens (including phenoxy) is 1. The summed E-state index contributed by atoms with van der Waals surface area (Å²) in [7, 11) is 0. The number of hydrogen-bond acceptors (Lipinski definition) is 3. The molecule has 0 spiro atoms. The molecule has 1 unspecified atom stereocenters. The van der Waals surface area contributed by atoms with E-state index in [1.54, 1.807) is 0 Å². The SMILES string of the molecule is Cc1cc(OC(F)F)c(C(O)C(=O)O)cc1F. The van der Waals surface area contributed by atoms with Crippen LogP contribution in [0.3, 0.4) is 0 Å². The first-order valence-electron chi connectivity index (χ1n) is 4.48. The van der Waals surface area contributed by atoms with Crippen LogP contribution < -0.4 is 4.74 Å². The smallest absolute Gasteiger partial charge is 0.387 e. The summed E-state index contributed by atoms with van der Waals surface area (Å²) in [6.45, 7) is -1.90. The van der Waals surface area contributed by atoms with Crippen LogP contribution in [0.2, 0.25) is 0 Å². The fraction of sp³-hybridized carbons (Fsp3) is 0.300. The van der Waals surface area contributed by atoms with Crippen LogP contribution in [0.25, 0.3) is 0 Å². The number of halogens is 3. The average Bonchev–Trinajstić information content (AvgIpc) is 2.21. The number of hydrogen-bond donors (Lipinski definition) is 2. The van der Waals surface area contributed by atoms with Crippen LogP contribution in [0.4, 0.5) is 13.2 Å². The van der Waals surface area contributed by atoms with Gasteiger partial charge in [-0.15, -0.1) is 0 Å². The Balaban J connectivity index is 3.25. The van der Waals surface area contributed by atoms with Gasteiger partial charge in [-0.05, 0) is 24.6 Å². The first kappa shape index (κ1) is 13.3. The van der Waals surface area contributed by atoms with E-state index in [-0.39, 0.29) is 5.56 Å². The van der Waals surface area contributed by atoms with E-state index < -0.39 is 35.8 Å². The van der Waals surface area contributed by atoms with Gasteiger partial charge >= 0.3 is 12.6 Å². The van der Waals surface area contributed by atoms with Gasteiger partial charge in [0.25, 0.3) is 0 Å². The molecule has 0 radical (unpaired) electrons. The summed E-state index contributed by atoms with van der Waals surface area (Å²) in [6, 6.07) is 1.56. The second-order valence-corrected chi connectivity index (χ2v) is 3.26. The molecule has 0 fully saturated rings. The van der Waals surface area contributed by atoms with Crippen LogP contribution in [0.1, 0.15) is 17.2 Å². The summed E-state index contributed by atoms with van der Waals surface area (Å²) in [4.78, 5) is 10.5. The van der Waals surface area contributed by atoms with Gasteiger partial charge < -0.3 is 14.9 Å². The minimum Gasteiger partial charge on any atom is -0.479 e. The predicted octanol–water partition coefficient (Wildman–Crippen LogP) is 1.85. The van der Waals surface area contributed by atoms with Gasteiger partial charge in [-0.3, -0.25) is 0 Å². The molecule has 0 aliphatic carbocycles. The van der Waals surface area contributed by atoms with Crippen LogP contribution in [-0.4, -0.2) is 22.8 Å². The molecule has 1 aromatic rings. The molecule has 94 valence electrons. The quantitative estimate of drug-likeness (QED) is 0.855. The second kappa shape index (κ2) is 5.05. The standard InChI is InChI=1S/C10H9F3O4/c1-4-2-7(17-10(12)13)5(3-6(4)11)8(14)9(15)16/h2-3,8,10,14H,1H3,(H,15,16). The number of aliphatic hydroxyl groups is 1. The van der Waals surface area contributed by atoms with E-state index >= 15 is 0 Å². The van der Waals surface area contributed by atoms with E-state index in [1.165, 1.54) is 6.92 Å². The second-order valence-electron chi connectivity index (χ2n) is 3.26. The Morgan fingerprint density at radius 3 is 2.47 bits per heavy atom. The zero-order valence-electron chi connectivity index (χ0n) is 8.65. The van der Waals surface area contributed by atoms with Gasteiger partial charge in [-0.25, -0.2) is 9.18 Å². The fourth-order valence-electron chi connectivity index (χ4n) is 1.22. The Morgan fingerprint density at radius 2 is 2.00 bits per heavy atom. The lowest BCUT2D eigenvalue weighted by atomic mass is 10.1. The molecule has 7 heteroatoms. The van der Waals surface area contributed by atoms with Crippen LogP contribution in [0.15, 0.2) is 12.1 Å². The number of carbonyl (C=O) groups is 1. The molecule has 0 aliphatic heterocycles. The molecule has 17 heavy (non-hydrogen) atoms. The molecule has 2 N–H and O–H groups in total. The van der Waals surface area contributed by atoms with Crippen molar-refractivity contribution in [3.8, 4) is 5.75 Å². The number of aryl methyl sites for hydroxylation is 1. The minimum absolute atomic E-state index is 0.00184. The Morgan fingerprint density at radius 1 is 1.41 bits per heavy atom. The van der Waals surface area contributed by atoms with Gasteiger partial charge in [0.1, 0.15) is 11.6 Å². The predicted molar refractivity (Wildman–Crippen MR) is 50.4 cm³/mol. The maximum atomic E-state index is 13.2. The van der Waals surface area contributed by atoms with Crippen molar-refractivity contribution in [1.82, 2.24) is 0 Å². The van der Waals surface area contributed by atoms with Crippen molar-refractivity contribution >= 4 is 5.97 Å². The number of carboxylic acid groups (broad SMARTS) is 1. The minimum atomic E-state index is -3.19. The summed E-state index contributed by atoms with van der Waals surface area (Å²) in [5.41, 5.74) is -0.553. The van der Waals surface area contributed by atoms with Gasteiger partial charge in [0.2, 0.25) is 0 Å². The average molecular weight is 250 g/mol. The van der Waals surface area contributed by atoms with Crippen molar-refractivity contribution in [3.63, 3.8) is 0 Å². The highest BCUT2D eigenvalue weighted by molar-refractivity contribution is 5.75. The normalized spacial score (nSPS) is 12.6. The van der Waals surface area contributed by atoms with Crippen molar-refractivity contribution in [2.24, 2.45) is 0 Å². The highest BCUT2D eigenvalue weighted by Crippen LogP contribution is 2.29.